The number of hydrogen-bond acceptors (Lipinski definition) is 4. The molecule has 142 valence electrons. The first-order valence-electron chi connectivity index (χ1n) is 8.59. The van der Waals surface area contributed by atoms with Gasteiger partial charge in [-0.05, 0) is 43.2 Å². The van der Waals surface area contributed by atoms with Crippen molar-refractivity contribution < 1.29 is 18.0 Å². The minimum absolute atomic E-state index is 0.0938. The van der Waals surface area contributed by atoms with Gasteiger partial charge in [-0.15, -0.1) is 0 Å². The molecule has 0 spiro atoms. The molecule has 2 aromatic rings. The lowest BCUT2D eigenvalue weighted by atomic mass is 10.1. The third kappa shape index (κ3) is 5.29. The number of amides is 1. The van der Waals surface area contributed by atoms with Crippen LogP contribution in [0.5, 0.6) is 0 Å². The van der Waals surface area contributed by atoms with Crippen LogP contribution in [0, 0.1) is 0 Å². The molecule has 3 rings (SSSR count). The van der Waals surface area contributed by atoms with Crippen molar-refractivity contribution in [1.82, 2.24) is 15.3 Å². The third-order valence-electron chi connectivity index (χ3n) is 4.26. The molecule has 1 unspecified atom stereocenters. The summed E-state index contributed by atoms with van der Waals surface area (Å²) in [4.78, 5) is 22.0. The summed E-state index contributed by atoms with van der Waals surface area (Å²) in [7, 11) is 0. The Labute approximate surface area is 154 Å². The first-order valence-corrected chi connectivity index (χ1v) is 8.59. The summed E-state index contributed by atoms with van der Waals surface area (Å²) in [6.07, 6.45) is 2.77. The number of carbonyl (C=O) groups excluding carboxylic acids is 1. The minimum Gasteiger partial charge on any atom is -0.355 e. The molecule has 1 aliphatic heterocycles. The van der Waals surface area contributed by atoms with Crippen molar-refractivity contribution in [2.24, 2.45) is 0 Å². The number of piperidine rings is 1. The lowest BCUT2D eigenvalue weighted by Crippen LogP contribution is -2.47. The molecule has 8 heteroatoms. The molecule has 0 saturated carbocycles. The molecule has 2 aromatic heterocycles. The number of halogens is 3. The van der Waals surface area contributed by atoms with Crippen LogP contribution in [-0.2, 0) is 11.0 Å². The lowest BCUT2D eigenvalue weighted by Gasteiger charge is -2.33. The number of carbonyl (C=O) groups is 1. The van der Waals surface area contributed by atoms with E-state index in [-0.39, 0.29) is 11.9 Å². The van der Waals surface area contributed by atoms with Gasteiger partial charge in [0.2, 0.25) is 5.91 Å². The average Bonchev–Trinajstić information content (AvgIpc) is 2.67. The van der Waals surface area contributed by atoms with E-state index in [2.05, 4.69) is 15.3 Å². The van der Waals surface area contributed by atoms with Gasteiger partial charge in [-0.25, -0.2) is 4.98 Å². The first-order chi connectivity index (χ1) is 12.9. The summed E-state index contributed by atoms with van der Waals surface area (Å²) in [6, 6.07) is 7.73. The summed E-state index contributed by atoms with van der Waals surface area (Å²) in [6.45, 7) is 1.19. The molecule has 1 saturated heterocycles. The van der Waals surface area contributed by atoms with Crippen LogP contribution in [-0.4, -0.2) is 35.0 Å². The van der Waals surface area contributed by atoms with Crippen molar-refractivity contribution in [3.05, 3.63) is 60.1 Å². The Bertz CT molecular complexity index is 791. The standard InChI is InChI=1S/C19H19F3N4O/c20-19(21,22)14-6-8-17(24-12-14)26-11-3-5-16(13-26)25-18(27)9-7-15-4-1-2-10-23-15/h1-2,4,6-10,12,16H,3,5,11,13H2,(H,25,27). The van der Waals surface area contributed by atoms with Crippen LogP contribution in [0.3, 0.4) is 0 Å². The molecular weight excluding hydrogens is 357 g/mol. The van der Waals surface area contributed by atoms with E-state index in [0.29, 0.717) is 24.6 Å². The molecule has 0 bridgehead atoms. The second-order valence-corrected chi connectivity index (χ2v) is 6.28. The molecule has 1 atom stereocenters. The maximum absolute atomic E-state index is 12.7. The number of nitrogens with zero attached hydrogens (tertiary/aromatic N) is 3. The number of anilines is 1. The van der Waals surface area contributed by atoms with Crippen molar-refractivity contribution >= 4 is 17.8 Å². The molecule has 1 amide bonds. The van der Waals surface area contributed by atoms with Gasteiger partial charge < -0.3 is 10.2 Å². The van der Waals surface area contributed by atoms with Crippen molar-refractivity contribution in [1.29, 1.82) is 0 Å². The van der Waals surface area contributed by atoms with E-state index in [4.69, 9.17) is 0 Å². The van der Waals surface area contributed by atoms with Gasteiger partial charge in [-0.2, -0.15) is 13.2 Å². The quantitative estimate of drug-likeness (QED) is 0.832. The highest BCUT2D eigenvalue weighted by Gasteiger charge is 2.31. The van der Waals surface area contributed by atoms with E-state index in [0.717, 1.165) is 25.1 Å². The van der Waals surface area contributed by atoms with E-state index in [9.17, 15) is 18.0 Å². The highest BCUT2D eigenvalue weighted by Crippen LogP contribution is 2.29. The molecule has 0 radical (unpaired) electrons. The number of aromatic nitrogens is 2. The third-order valence-corrected chi connectivity index (χ3v) is 4.26. The monoisotopic (exact) mass is 376 g/mol. The molecule has 1 aliphatic rings. The average molecular weight is 376 g/mol. The maximum atomic E-state index is 12.7. The highest BCUT2D eigenvalue weighted by molar-refractivity contribution is 5.91. The van der Waals surface area contributed by atoms with E-state index >= 15 is 0 Å². The maximum Gasteiger partial charge on any atom is 0.417 e. The van der Waals surface area contributed by atoms with Gasteiger partial charge in [-0.1, -0.05) is 6.07 Å². The minimum atomic E-state index is -4.40. The van der Waals surface area contributed by atoms with Crippen molar-refractivity contribution in [3.63, 3.8) is 0 Å². The molecule has 1 fully saturated rings. The lowest BCUT2D eigenvalue weighted by molar-refractivity contribution is -0.137. The molecule has 1 N–H and O–H groups in total. The van der Waals surface area contributed by atoms with E-state index in [1.165, 1.54) is 12.1 Å². The molecule has 3 heterocycles. The smallest absolute Gasteiger partial charge is 0.355 e. The van der Waals surface area contributed by atoms with Crippen LogP contribution in [0.1, 0.15) is 24.1 Å². The van der Waals surface area contributed by atoms with Crippen LogP contribution >= 0.6 is 0 Å². The van der Waals surface area contributed by atoms with Crippen LogP contribution in [0.15, 0.2) is 48.8 Å². The van der Waals surface area contributed by atoms with E-state index < -0.39 is 11.7 Å². The normalized spacial score (nSPS) is 17.9. The van der Waals surface area contributed by atoms with Gasteiger partial charge in [0.05, 0.1) is 11.3 Å². The zero-order valence-corrected chi connectivity index (χ0v) is 14.5. The fourth-order valence-corrected chi connectivity index (χ4v) is 2.93. The summed E-state index contributed by atoms with van der Waals surface area (Å²) >= 11 is 0. The zero-order valence-electron chi connectivity index (χ0n) is 14.5. The molecular formula is C19H19F3N4O. The Morgan fingerprint density at radius 1 is 1.22 bits per heavy atom. The molecule has 5 nitrogen and oxygen atoms in total. The molecule has 0 aromatic carbocycles. The van der Waals surface area contributed by atoms with Gasteiger partial charge in [0.25, 0.3) is 0 Å². The summed E-state index contributed by atoms with van der Waals surface area (Å²) in [5.74, 6) is 0.249. The fourth-order valence-electron chi connectivity index (χ4n) is 2.93. The Kier molecular flexibility index (Phi) is 5.73. The number of pyridine rings is 2. The number of hydrogen-bond donors (Lipinski definition) is 1. The Morgan fingerprint density at radius 2 is 2.07 bits per heavy atom. The first kappa shape index (κ1) is 18.9. The number of nitrogens with one attached hydrogen (secondary N) is 1. The van der Waals surface area contributed by atoms with Crippen LogP contribution in [0.4, 0.5) is 19.0 Å². The molecule has 27 heavy (non-hydrogen) atoms. The summed E-state index contributed by atoms with van der Waals surface area (Å²) in [5, 5.41) is 2.92. The van der Waals surface area contributed by atoms with Crippen molar-refractivity contribution in [2.45, 2.75) is 25.1 Å². The number of rotatable bonds is 4. The summed E-state index contributed by atoms with van der Waals surface area (Å²) < 4.78 is 38.0. The van der Waals surface area contributed by atoms with Gasteiger partial charge in [-0.3, -0.25) is 9.78 Å². The van der Waals surface area contributed by atoms with Crippen molar-refractivity contribution in [2.75, 3.05) is 18.0 Å². The van der Waals surface area contributed by atoms with Crippen LogP contribution < -0.4 is 10.2 Å². The predicted octanol–water partition coefficient (Wildman–Crippen LogP) is 3.29. The number of alkyl halides is 3. The van der Waals surface area contributed by atoms with Crippen LogP contribution in [0.25, 0.3) is 6.08 Å². The van der Waals surface area contributed by atoms with Gasteiger partial charge in [0, 0.05) is 37.6 Å². The van der Waals surface area contributed by atoms with E-state index in [1.807, 2.05) is 11.0 Å². The zero-order chi connectivity index (χ0) is 19.3. The van der Waals surface area contributed by atoms with E-state index in [1.54, 1.807) is 24.4 Å². The van der Waals surface area contributed by atoms with Crippen molar-refractivity contribution in [3.8, 4) is 0 Å². The molecule has 0 aliphatic carbocycles. The Balaban J connectivity index is 1.57. The Hall–Kier alpha value is -2.90. The topological polar surface area (TPSA) is 58.1 Å². The predicted molar refractivity (Wildman–Crippen MR) is 95.9 cm³/mol. The SMILES string of the molecule is O=C(C=Cc1ccccn1)NC1CCCN(c2ccc(C(F)(F)F)cn2)C1. The highest BCUT2D eigenvalue weighted by atomic mass is 19.4. The van der Waals surface area contributed by atoms with Gasteiger partial charge in [0.15, 0.2) is 0 Å². The largest absolute Gasteiger partial charge is 0.417 e. The Morgan fingerprint density at radius 3 is 2.74 bits per heavy atom. The van der Waals surface area contributed by atoms with Gasteiger partial charge in [0.1, 0.15) is 5.82 Å². The fraction of sp³-hybridized carbons (Fsp3) is 0.316. The van der Waals surface area contributed by atoms with Crippen LogP contribution in [0.2, 0.25) is 0 Å². The second kappa shape index (κ2) is 8.20. The second-order valence-electron chi connectivity index (χ2n) is 6.28. The summed E-state index contributed by atoms with van der Waals surface area (Å²) in [5.41, 5.74) is -0.0837. The van der Waals surface area contributed by atoms with Gasteiger partial charge >= 0.3 is 6.18 Å².